The van der Waals surface area contributed by atoms with E-state index in [-0.39, 0.29) is 17.1 Å². The first-order valence-corrected chi connectivity index (χ1v) is 11.6. The molecule has 1 aliphatic rings. The molecular weight excluding hydrogens is 434 g/mol. The average Bonchev–Trinajstić information content (AvgIpc) is 3.08. The van der Waals surface area contributed by atoms with Crippen molar-refractivity contribution in [3.05, 3.63) is 101 Å². The van der Waals surface area contributed by atoms with Crippen LogP contribution in [-0.2, 0) is 14.3 Å². The lowest BCUT2D eigenvalue weighted by atomic mass is 10.0. The Labute approximate surface area is 197 Å². The summed E-state index contributed by atoms with van der Waals surface area (Å²) in [5.74, 6) is 0.517. The normalized spacial score (nSPS) is 14.7. The highest BCUT2D eigenvalue weighted by molar-refractivity contribution is 7.98. The molecule has 6 heteroatoms. The third-order valence-electron chi connectivity index (χ3n) is 5.25. The molecule has 0 radical (unpaired) electrons. The van der Waals surface area contributed by atoms with Gasteiger partial charge < -0.3 is 9.47 Å². The van der Waals surface area contributed by atoms with Gasteiger partial charge in [0.05, 0.1) is 23.9 Å². The van der Waals surface area contributed by atoms with Crippen LogP contribution in [0.3, 0.4) is 0 Å². The minimum atomic E-state index is -0.549. The Morgan fingerprint density at radius 3 is 2.39 bits per heavy atom. The molecule has 0 bridgehead atoms. The van der Waals surface area contributed by atoms with Crippen molar-refractivity contribution < 1.29 is 19.1 Å². The highest BCUT2D eigenvalue weighted by Gasteiger charge is 2.38. The first-order valence-electron chi connectivity index (χ1n) is 10.3. The lowest BCUT2D eigenvalue weighted by Gasteiger charge is -2.18. The molecule has 33 heavy (non-hydrogen) atoms. The summed E-state index contributed by atoms with van der Waals surface area (Å²) in [6, 6.07) is 24.5. The summed E-state index contributed by atoms with van der Waals surface area (Å²) in [6.45, 7) is 1.76. The van der Waals surface area contributed by atoms with Crippen molar-refractivity contribution in [1.29, 1.82) is 0 Å². The second-order valence-electron chi connectivity index (χ2n) is 7.34. The van der Waals surface area contributed by atoms with Crippen LogP contribution >= 0.6 is 11.8 Å². The molecule has 0 aliphatic carbocycles. The van der Waals surface area contributed by atoms with E-state index in [0.29, 0.717) is 22.9 Å². The standard InChI is InChI=1S/C27H23NO4S/c1-18-25(27(30)31-2)24(26(29)28(18)20-10-8-14-23(17-20)33-3)16-19-9-7-13-22(15-19)32-21-11-5-4-6-12-21/h4-17H,1-3H3/b24-16-. The number of nitrogens with zero attached hydrogens (tertiary/aromatic N) is 1. The minimum absolute atomic E-state index is 0.256. The largest absolute Gasteiger partial charge is 0.465 e. The van der Waals surface area contributed by atoms with Crippen molar-refractivity contribution >= 4 is 35.4 Å². The number of ether oxygens (including phenoxy) is 2. The highest BCUT2D eigenvalue weighted by Crippen LogP contribution is 2.37. The molecule has 0 spiro atoms. The molecule has 1 heterocycles. The smallest absolute Gasteiger partial charge is 0.340 e. The summed E-state index contributed by atoms with van der Waals surface area (Å²) in [5, 5.41) is 0. The van der Waals surface area contributed by atoms with Crippen LogP contribution in [-0.4, -0.2) is 25.2 Å². The van der Waals surface area contributed by atoms with Crippen molar-refractivity contribution in [2.24, 2.45) is 0 Å². The number of hydrogen-bond acceptors (Lipinski definition) is 5. The van der Waals surface area contributed by atoms with Crippen molar-refractivity contribution in [2.75, 3.05) is 18.3 Å². The van der Waals surface area contributed by atoms with Gasteiger partial charge in [0.15, 0.2) is 0 Å². The van der Waals surface area contributed by atoms with Crippen LogP contribution in [0.5, 0.6) is 11.5 Å². The van der Waals surface area contributed by atoms with Crippen LogP contribution < -0.4 is 9.64 Å². The van der Waals surface area contributed by atoms with Gasteiger partial charge in [0.25, 0.3) is 5.91 Å². The van der Waals surface area contributed by atoms with Crippen LogP contribution in [0.2, 0.25) is 0 Å². The fourth-order valence-corrected chi connectivity index (χ4v) is 4.15. The lowest BCUT2D eigenvalue weighted by molar-refractivity contribution is -0.136. The second-order valence-corrected chi connectivity index (χ2v) is 8.22. The van der Waals surface area contributed by atoms with Crippen LogP contribution in [0.25, 0.3) is 6.08 Å². The molecule has 0 fully saturated rings. The van der Waals surface area contributed by atoms with E-state index in [1.165, 1.54) is 7.11 Å². The third-order valence-corrected chi connectivity index (χ3v) is 5.97. The fourth-order valence-electron chi connectivity index (χ4n) is 3.70. The Balaban J connectivity index is 1.74. The monoisotopic (exact) mass is 457 g/mol. The Morgan fingerprint density at radius 2 is 1.67 bits per heavy atom. The molecule has 4 rings (SSSR count). The maximum absolute atomic E-state index is 13.5. The molecule has 3 aromatic rings. The van der Waals surface area contributed by atoms with Gasteiger partial charge in [-0.1, -0.05) is 36.4 Å². The van der Waals surface area contributed by atoms with Crippen LogP contribution in [0.15, 0.2) is 101 Å². The molecule has 0 atom stereocenters. The molecule has 166 valence electrons. The molecule has 1 aliphatic heterocycles. The summed E-state index contributed by atoms with van der Waals surface area (Å²) in [4.78, 5) is 28.7. The first-order chi connectivity index (χ1) is 16.0. The van der Waals surface area contributed by atoms with E-state index in [1.807, 2.05) is 85.1 Å². The van der Waals surface area contributed by atoms with Gasteiger partial charge in [0.2, 0.25) is 0 Å². The van der Waals surface area contributed by atoms with E-state index in [0.717, 1.165) is 10.5 Å². The van der Waals surface area contributed by atoms with Crippen LogP contribution in [0.4, 0.5) is 5.69 Å². The molecule has 0 saturated carbocycles. The molecule has 0 saturated heterocycles. The number of thioether (sulfide) groups is 1. The van der Waals surface area contributed by atoms with Crippen molar-refractivity contribution in [3.8, 4) is 11.5 Å². The molecule has 0 unspecified atom stereocenters. The van der Waals surface area contributed by atoms with E-state index in [2.05, 4.69) is 0 Å². The average molecular weight is 458 g/mol. The SMILES string of the molecule is COC(=O)C1=C(C)N(c2cccc(SC)c2)C(=O)/C1=C\c1cccc(Oc2ccccc2)c1. The van der Waals surface area contributed by atoms with Crippen molar-refractivity contribution in [2.45, 2.75) is 11.8 Å². The lowest BCUT2D eigenvalue weighted by Crippen LogP contribution is -2.24. The Morgan fingerprint density at radius 1 is 0.939 bits per heavy atom. The van der Waals surface area contributed by atoms with Gasteiger partial charge in [-0.15, -0.1) is 11.8 Å². The number of carbonyl (C=O) groups is 2. The van der Waals surface area contributed by atoms with Crippen LogP contribution in [0, 0.1) is 0 Å². The fraction of sp³-hybridized carbons (Fsp3) is 0.111. The van der Waals surface area contributed by atoms with Gasteiger partial charge in [-0.05, 0) is 67.3 Å². The molecule has 5 nitrogen and oxygen atoms in total. The minimum Gasteiger partial charge on any atom is -0.465 e. The summed E-state index contributed by atoms with van der Waals surface area (Å²) >= 11 is 1.59. The predicted octanol–water partition coefficient (Wildman–Crippen LogP) is 6.08. The van der Waals surface area contributed by atoms with Gasteiger partial charge in [-0.3, -0.25) is 9.69 Å². The molecular formula is C27H23NO4S. The number of carbonyl (C=O) groups excluding carboxylic acids is 2. The van der Waals surface area contributed by atoms with Gasteiger partial charge in [-0.2, -0.15) is 0 Å². The Kier molecular flexibility index (Phi) is 6.66. The summed E-state index contributed by atoms with van der Waals surface area (Å²) in [7, 11) is 1.32. The summed E-state index contributed by atoms with van der Waals surface area (Å²) in [5.41, 5.74) is 2.52. The van der Waals surface area contributed by atoms with Crippen molar-refractivity contribution in [1.82, 2.24) is 0 Å². The van der Waals surface area contributed by atoms with Gasteiger partial charge in [0.1, 0.15) is 11.5 Å². The Bertz CT molecular complexity index is 1260. The topological polar surface area (TPSA) is 55.8 Å². The number of amides is 1. The number of anilines is 1. The summed E-state index contributed by atoms with van der Waals surface area (Å²) < 4.78 is 10.9. The number of para-hydroxylation sites is 1. The molecule has 0 N–H and O–H groups in total. The van der Waals surface area contributed by atoms with E-state index < -0.39 is 5.97 Å². The maximum atomic E-state index is 13.5. The number of allylic oxidation sites excluding steroid dienone is 1. The number of esters is 1. The predicted molar refractivity (Wildman–Crippen MR) is 131 cm³/mol. The van der Waals surface area contributed by atoms with E-state index >= 15 is 0 Å². The van der Waals surface area contributed by atoms with Gasteiger partial charge >= 0.3 is 5.97 Å². The highest BCUT2D eigenvalue weighted by atomic mass is 32.2. The van der Waals surface area contributed by atoms with Crippen LogP contribution in [0.1, 0.15) is 12.5 Å². The first kappa shape index (κ1) is 22.4. The Hall–Kier alpha value is -3.77. The zero-order valence-corrected chi connectivity index (χ0v) is 19.4. The second kappa shape index (κ2) is 9.79. The van der Waals surface area contributed by atoms with Gasteiger partial charge in [-0.25, -0.2) is 4.79 Å². The number of rotatable bonds is 6. The maximum Gasteiger partial charge on any atom is 0.340 e. The number of hydrogen-bond donors (Lipinski definition) is 0. The molecule has 3 aromatic carbocycles. The van der Waals surface area contributed by atoms with Gasteiger partial charge in [0, 0.05) is 10.6 Å². The molecule has 1 amide bonds. The van der Waals surface area contributed by atoms with E-state index in [1.54, 1.807) is 29.7 Å². The van der Waals surface area contributed by atoms with E-state index in [4.69, 9.17) is 9.47 Å². The van der Waals surface area contributed by atoms with Crippen molar-refractivity contribution in [3.63, 3.8) is 0 Å². The zero-order valence-electron chi connectivity index (χ0n) is 18.6. The number of methoxy groups -OCH3 is 1. The zero-order chi connectivity index (χ0) is 23.4. The quantitative estimate of drug-likeness (QED) is 0.255. The van der Waals surface area contributed by atoms with E-state index in [9.17, 15) is 9.59 Å². The number of benzene rings is 3. The third kappa shape index (κ3) is 4.71. The molecule has 0 aromatic heterocycles. The summed E-state index contributed by atoms with van der Waals surface area (Å²) in [6.07, 6.45) is 3.68.